The van der Waals surface area contributed by atoms with E-state index in [9.17, 15) is 0 Å². The lowest BCUT2D eigenvalue weighted by molar-refractivity contribution is 0.414. The van der Waals surface area contributed by atoms with Crippen molar-refractivity contribution in [3.63, 3.8) is 0 Å². The molecule has 0 saturated carbocycles. The van der Waals surface area contributed by atoms with E-state index in [1.54, 1.807) is 7.11 Å². The Morgan fingerprint density at radius 2 is 2.20 bits per heavy atom. The second kappa shape index (κ2) is 5.39. The van der Waals surface area contributed by atoms with Gasteiger partial charge in [-0.15, -0.1) is 24.0 Å². The number of ether oxygens (including phenoxy) is 1. The summed E-state index contributed by atoms with van der Waals surface area (Å²) >= 11 is 0. The lowest BCUT2D eigenvalue weighted by Crippen LogP contribution is -2.25. The molecule has 1 aliphatic rings. The minimum Gasteiger partial charge on any atom is -0.497 e. The summed E-state index contributed by atoms with van der Waals surface area (Å²) in [5.74, 6) is 0.923. The van der Waals surface area contributed by atoms with Gasteiger partial charge < -0.3 is 9.64 Å². The second-order valence-corrected chi connectivity index (χ2v) is 3.37. The first kappa shape index (κ1) is 12.4. The number of halogens is 1. The van der Waals surface area contributed by atoms with Crippen LogP contribution < -0.4 is 9.64 Å². The number of benzene rings is 1. The van der Waals surface area contributed by atoms with Crippen molar-refractivity contribution in [2.24, 2.45) is 0 Å². The fourth-order valence-electron chi connectivity index (χ4n) is 1.79. The molecule has 0 amide bonds. The molecule has 0 bridgehead atoms. The van der Waals surface area contributed by atoms with Gasteiger partial charge in [0, 0.05) is 24.3 Å². The molecule has 0 N–H and O–H groups in total. The standard InChI is InChI=1S/C12H15NO.HI/c1-3-13-8-4-5-10-9-11(14-2)6-7-12(10)13;/h4-7,9H,3,8H2,1-2H3;1H. The van der Waals surface area contributed by atoms with Gasteiger partial charge >= 0.3 is 0 Å². The van der Waals surface area contributed by atoms with Crippen LogP contribution >= 0.6 is 24.0 Å². The molecule has 0 aromatic heterocycles. The normalized spacial score (nSPS) is 13.1. The minimum atomic E-state index is 0. The molecule has 1 aromatic rings. The molecule has 15 heavy (non-hydrogen) atoms. The van der Waals surface area contributed by atoms with Crippen molar-refractivity contribution < 1.29 is 4.74 Å². The summed E-state index contributed by atoms with van der Waals surface area (Å²) in [6.07, 6.45) is 4.34. The van der Waals surface area contributed by atoms with Gasteiger partial charge in [-0.25, -0.2) is 0 Å². The van der Waals surface area contributed by atoms with Gasteiger partial charge in [0.05, 0.1) is 7.11 Å². The zero-order valence-corrected chi connectivity index (χ0v) is 11.4. The highest BCUT2D eigenvalue weighted by Gasteiger charge is 2.11. The number of methoxy groups -OCH3 is 1. The molecule has 2 nitrogen and oxygen atoms in total. The lowest BCUT2D eigenvalue weighted by atomic mass is 10.1. The first-order valence-electron chi connectivity index (χ1n) is 4.94. The molecule has 0 fully saturated rings. The number of anilines is 1. The third kappa shape index (κ3) is 2.45. The van der Waals surface area contributed by atoms with Crippen LogP contribution in [0.5, 0.6) is 5.75 Å². The first-order valence-corrected chi connectivity index (χ1v) is 4.94. The van der Waals surface area contributed by atoms with Crippen molar-refractivity contribution in [1.29, 1.82) is 0 Å². The zero-order valence-electron chi connectivity index (χ0n) is 9.06. The highest BCUT2D eigenvalue weighted by Crippen LogP contribution is 2.29. The van der Waals surface area contributed by atoms with E-state index >= 15 is 0 Å². The largest absolute Gasteiger partial charge is 0.497 e. The number of hydrogen-bond donors (Lipinski definition) is 0. The van der Waals surface area contributed by atoms with Gasteiger partial charge in [0.15, 0.2) is 0 Å². The molecule has 82 valence electrons. The Morgan fingerprint density at radius 1 is 1.40 bits per heavy atom. The number of likely N-dealkylation sites (N-methyl/N-ethyl adjacent to an activating group) is 1. The summed E-state index contributed by atoms with van der Waals surface area (Å²) in [6.45, 7) is 4.23. The van der Waals surface area contributed by atoms with Crippen LogP contribution in [0.15, 0.2) is 24.3 Å². The van der Waals surface area contributed by atoms with E-state index < -0.39 is 0 Å². The quantitative estimate of drug-likeness (QED) is 0.777. The van der Waals surface area contributed by atoms with Crippen molar-refractivity contribution in [2.75, 3.05) is 25.1 Å². The van der Waals surface area contributed by atoms with E-state index in [1.165, 1.54) is 11.3 Å². The smallest absolute Gasteiger partial charge is 0.119 e. The molecule has 0 unspecified atom stereocenters. The number of fused-ring (bicyclic) bond motifs is 1. The fraction of sp³-hybridized carbons (Fsp3) is 0.333. The molecule has 2 rings (SSSR count). The molecular formula is C12H16INO. The summed E-state index contributed by atoms with van der Waals surface area (Å²) < 4.78 is 5.20. The number of hydrogen-bond acceptors (Lipinski definition) is 2. The SMILES string of the molecule is CCN1CC=Cc2cc(OC)ccc21.I. The van der Waals surface area contributed by atoms with Crippen LogP contribution in [0.2, 0.25) is 0 Å². The maximum Gasteiger partial charge on any atom is 0.119 e. The first-order chi connectivity index (χ1) is 6.85. The Labute approximate surface area is 108 Å². The maximum absolute atomic E-state index is 5.20. The van der Waals surface area contributed by atoms with Crippen LogP contribution in [-0.2, 0) is 0 Å². The molecule has 1 aromatic carbocycles. The van der Waals surface area contributed by atoms with E-state index in [0.717, 1.165) is 18.8 Å². The summed E-state index contributed by atoms with van der Waals surface area (Å²) in [5, 5.41) is 0. The van der Waals surface area contributed by atoms with Crippen LogP contribution in [0.3, 0.4) is 0 Å². The molecule has 0 saturated heterocycles. The number of nitrogens with zero attached hydrogens (tertiary/aromatic N) is 1. The molecule has 3 heteroatoms. The predicted molar refractivity (Wildman–Crippen MR) is 75.3 cm³/mol. The van der Waals surface area contributed by atoms with E-state index in [-0.39, 0.29) is 24.0 Å². The van der Waals surface area contributed by atoms with E-state index in [1.807, 2.05) is 6.07 Å². The Morgan fingerprint density at radius 3 is 2.87 bits per heavy atom. The van der Waals surface area contributed by atoms with Crippen molar-refractivity contribution >= 4 is 35.7 Å². The molecular weight excluding hydrogens is 301 g/mol. The van der Waals surface area contributed by atoms with Gasteiger partial charge in [-0.2, -0.15) is 0 Å². The summed E-state index contributed by atoms with van der Waals surface area (Å²) in [4.78, 5) is 2.34. The van der Waals surface area contributed by atoms with E-state index in [4.69, 9.17) is 4.74 Å². The fourth-order valence-corrected chi connectivity index (χ4v) is 1.79. The molecule has 0 atom stereocenters. The Kier molecular flexibility index (Phi) is 4.45. The number of rotatable bonds is 2. The van der Waals surface area contributed by atoms with Gasteiger partial charge in [0.25, 0.3) is 0 Å². The third-order valence-corrected chi connectivity index (χ3v) is 2.58. The molecule has 1 aliphatic heterocycles. The molecule has 0 spiro atoms. The van der Waals surface area contributed by atoms with Gasteiger partial charge in [0.1, 0.15) is 5.75 Å². The zero-order chi connectivity index (χ0) is 9.97. The average Bonchev–Trinajstić information content (AvgIpc) is 2.27. The van der Waals surface area contributed by atoms with Crippen LogP contribution in [0, 0.1) is 0 Å². The van der Waals surface area contributed by atoms with Crippen LogP contribution in [0.25, 0.3) is 6.08 Å². The molecule has 0 aliphatic carbocycles. The van der Waals surface area contributed by atoms with Crippen molar-refractivity contribution in [2.45, 2.75) is 6.92 Å². The predicted octanol–water partition coefficient (Wildman–Crippen LogP) is 3.17. The Bertz CT molecular complexity index is 363. The second-order valence-electron chi connectivity index (χ2n) is 3.37. The van der Waals surface area contributed by atoms with Crippen molar-refractivity contribution in [3.8, 4) is 5.75 Å². The van der Waals surface area contributed by atoms with E-state index in [2.05, 4.69) is 36.1 Å². The Hall–Kier alpha value is -0.710. The third-order valence-electron chi connectivity index (χ3n) is 2.58. The molecule has 0 radical (unpaired) electrons. The lowest BCUT2D eigenvalue weighted by Gasteiger charge is -2.26. The van der Waals surface area contributed by atoms with Crippen molar-refractivity contribution in [1.82, 2.24) is 0 Å². The Balaban J connectivity index is 0.00000112. The minimum absolute atomic E-state index is 0. The van der Waals surface area contributed by atoms with Gasteiger partial charge in [-0.05, 0) is 25.1 Å². The van der Waals surface area contributed by atoms with Crippen molar-refractivity contribution in [3.05, 3.63) is 29.8 Å². The monoisotopic (exact) mass is 317 g/mol. The van der Waals surface area contributed by atoms with E-state index in [0.29, 0.717) is 0 Å². The average molecular weight is 317 g/mol. The van der Waals surface area contributed by atoms with Crippen LogP contribution in [0.1, 0.15) is 12.5 Å². The summed E-state index contributed by atoms with van der Waals surface area (Å²) in [6, 6.07) is 6.22. The highest BCUT2D eigenvalue weighted by molar-refractivity contribution is 14.0. The topological polar surface area (TPSA) is 12.5 Å². The summed E-state index contributed by atoms with van der Waals surface area (Å²) in [7, 11) is 1.70. The van der Waals surface area contributed by atoms with Gasteiger partial charge in [-0.3, -0.25) is 0 Å². The summed E-state index contributed by atoms with van der Waals surface area (Å²) in [5.41, 5.74) is 2.55. The van der Waals surface area contributed by atoms with Crippen LogP contribution in [0.4, 0.5) is 5.69 Å². The molecule has 1 heterocycles. The highest BCUT2D eigenvalue weighted by atomic mass is 127. The van der Waals surface area contributed by atoms with Gasteiger partial charge in [0.2, 0.25) is 0 Å². The van der Waals surface area contributed by atoms with Gasteiger partial charge in [-0.1, -0.05) is 12.2 Å². The maximum atomic E-state index is 5.20. The van der Waals surface area contributed by atoms with Crippen LogP contribution in [-0.4, -0.2) is 20.2 Å².